The molecule has 1 saturated heterocycles. The summed E-state index contributed by atoms with van der Waals surface area (Å²) >= 11 is 1.10. The van der Waals surface area contributed by atoms with Crippen molar-refractivity contribution in [2.45, 2.75) is 38.8 Å². The van der Waals surface area contributed by atoms with Gasteiger partial charge in [-0.05, 0) is 39.7 Å². The van der Waals surface area contributed by atoms with Gasteiger partial charge in [0.15, 0.2) is 0 Å². The maximum atomic E-state index is 15.1. The van der Waals surface area contributed by atoms with Crippen LogP contribution in [0.1, 0.15) is 37.2 Å². The van der Waals surface area contributed by atoms with Gasteiger partial charge in [-0.25, -0.2) is 9.37 Å². The molecular weight excluding hydrogens is 421 g/mol. The predicted molar refractivity (Wildman–Crippen MR) is 118 cm³/mol. The van der Waals surface area contributed by atoms with E-state index in [-0.39, 0.29) is 45.6 Å². The monoisotopic (exact) mass is 447 g/mol. The van der Waals surface area contributed by atoms with E-state index < -0.39 is 10.7 Å². The van der Waals surface area contributed by atoms with Crippen molar-refractivity contribution in [1.82, 2.24) is 15.2 Å². The third-order valence-electron chi connectivity index (χ3n) is 6.18. The highest BCUT2D eigenvalue weighted by Gasteiger charge is 2.32. The van der Waals surface area contributed by atoms with Gasteiger partial charge < -0.3 is 10.2 Å². The number of nitrogens with one attached hydrogen (secondary N) is 1. The SMILES string of the molecule is C[C@@H]1CN(c2cc(F)c(-c3nc(C(=O)NCC4CC4)cs3)cc2[N+](=O)[O-])C[C@H](C)N1C. The molecule has 4 rings (SSSR count). The number of hydrogen-bond donors (Lipinski definition) is 1. The van der Waals surface area contributed by atoms with Gasteiger partial charge >= 0.3 is 0 Å². The quantitative estimate of drug-likeness (QED) is 0.538. The van der Waals surface area contributed by atoms with Gasteiger partial charge in [0.05, 0.1) is 10.5 Å². The fourth-order valence-electron chi connectivity index (χ4n) is 3.87. The Kier molecular flexibility index (Phi) is 5.94. The Hall–Kier alpha value is -2.59. The number of carbonyl (C=O) groups excluding carboxylic acids is 1. The van der Waals surface area contributed by atoms with Gasteiger partial charge in [0.25, 0.3) is 11.6 Å². The minimum Gasteiger partial charge on any atom is -0.363 e. The topological polar surface area (TPSA) is 91.6 Å². The van der Waals surface area contributed by atoms with Crippen molar-refractivity contribution in [2.24, 2.45) is 5.92 Å². The largest absolute Gasteiger partial charge is 0.363 e. The van der Waals surface area contributed by atoms with Gasteiger partial charge in [0.1, 0.15) is 22.2 Å². The van der Waals surface area contributed by atoms with Crippen molar-refractivity contribution in [3.05, 3.63) is 39.1 Å². The molecule has 2 aromatic rings. The Labute approximate surface area is 184 Å². The van der Waals surface area contributed by atoms with E-state index in [9.17, 15) is 14.9 Å². The van der Waals surface area contributed by atoms with Crippen LogP contribution < -0.4 is 10.2 Å². The highest BCUT2D eigenvalue weighted by Crippen LogP contribution is 2.38. The number of carbonyl (C=O) groups is 1. The molecule has 31 heavy (non-hydrogen) atoms. The zero-order valence-electron chi connectivity index (χ0n) is 17.8. The Morgan fingerprint density at radius 2 is 2.00 bits per heavy atom. The number of thiazole rings is 1. The van der Waals surface area contributed by atoms with E-state index in [2.05, 4.69) is 15.2 Å². The van der Waals surface area contributed by atoms with Crippen LogP contribution in [0, 0.1) is 21.8 Å². The lowest BCUT2D eigenvalue weighted by Crippen LogP contribution is -2.55. The van der Waals surface area contributed by atoms with Crippen LogP contribution in [0.2, 0.25) is 0 Å². The minimum absolute atomic E-state index is 0.0388. The van der Waals surface area contributed by atoms with Crippen LogP contribution >= 0.6 is 11.3 Å². The smallest absolute Gasteiger partial charge is 0.293 e. The van der Waals surface area contributed by atoms with Gasteiger partial charge in [0, 0.05) is 49.2 Å². The second-order valence-corrected chi connectivity index (χ2v) is 9.40. The number of likely N-dealkylation sites (N-methyl/N-ethyl adjacent to an activating group) is 1. The fourth-order valence-corrected chi connectivity index (χ4v) is 4.68. The zero-order valence-corrected chi connectivity index (χ0v) is 18.6. The Morgan fingerprint density at radius 3 is 2.61 bits per heavy atom. The lowest BCUT2D eigenvalue weighted by atomic mass is 10.1. The van der Waals surface area contributed by atoms with Gasteiger partial charge in [-0.15, -0.1) is 11.3 Å². The molecule has 0 radical (unpaired) electrons. The number of nitro benzene ring substituents is 1. The summed E-state index contributed by atoms with van der Waals surface area (Å²) in [5.41, 5.74) is 0.359. The normalized spacial score (nSPS) is 21.9. The summed E-state index contributed by atoms with van der Waals surface area (Å²) in [5.74, 6) is -0.352. The summed E-state index contributed by atoms with van der Waals surface area (Å²) in [7, 11) is 2.02. The highest BCUT2D eigenvalue weighted by atomic mass is 32.1. The molecule has 1 saturated carbocycles. The molecule has 2 heterocycles. The number of nitrogens with zero attached hydrogens (tertiary/aromatic N) is 4. The predicted octanol–water partition coefficient (Wildman–Crippen LogP) is 3.53. The molecule has 8 nitrogen and oxygen atoms in total. The Morgan fingerprint density at radius 1 is 1.32 bits per heavy atom. The summed E-state index contributed by atoms with van der Waals surface area (Å²) in [4.78, 5) is 31.9. The average Bonchev–Trinajstić information content (AvgIpc) is 3.43. The van der Waals surface area contributed by atoms with E-state index in [1.54, 1.807) is 5.38 Å². The number of amides is 1. The highest BCUT2D eigenvalue weighted by molar-refractivity contribution is 7.13. The second-order valence-electron chi connectivity index (χ2n) is 8.54. The van der Waals surface area contributed by atoms with Crippen LogP contribution in [0.4, 0.5) is 15.8 Å². The van der Waals surface area contributed by atoms with E-state index in [4.69, 9.17) is 0 Å². The average molecular weight is 448 g/mol. The molecule has 1 aromatic carbocycles. The molecule has 2 aliphatic rings. The van der Waals surface area contributed by atoms with Crippen LogP contribution in [0.5, 0.6) is 0 Å². The number of rotatable bonds is 6. The molecule has 0 unspecified atom stereocenters. The lowest BCUT2D eigenvalue weighted by molar-refractivity contribution is -0.384. The summed E-state index contributed by atoms with van der Waals surface area (Å²) in [6.07, 6.45) is 2.24. The molecule has 10 heteroatoms. The number of halogens is 1. The van der Waals surface area contributed by atoms with Crippen LogP contribution in [0.15, 0.2) is 17.5 Å². The van der Waals surface area contributed by atoms with Gasteiger partial charge in [-0.2, -0.15) is 0 Å². The summed E-state index contributed by atoms with van der Waals surface area (Å²) in [6, 6.07) is 2.83. The maximum absolute atomic E-state index is 15.1. The number of aromatic nitrogens is 1. The number of nitro groups is 1. The van der Waals surface area contributed by atoms with E-state index in [0.29, 0.717) is 25.6 Å². The second kappa shape index (κ2) is 8.51. The molecule has 2 atom stereocenters. The number of benzene rings is 1. The maximum Gasteiger partial charge on any atom is 0.293 e. The van der Waals surface area contributed by atoms with Gasteiger partial charge in [-0.1, -0.05) is 0 Å². The third-order valence-corrected chi connectivity index (χ3v) is 7.05. The molecule has 0 spiro atoms. The molecule has 1 N–H and O–H groups in total. The molecule has 2 fully saturated rings. The first-order valence-corrected chi connectivity index (χ1v) is 11.3. The Bertz CT molecular complexity index is 997. The van der Waals surface area contributed by atoms with E-state index >= 15 is 4.39 Å². The molecule has 0 bridgehead atoms. The first kappa shape index (κ1) is 21.6. The van der Waals surface area contributed by atoms with E-state index in [1.807, 2.05) is 25.8 Å². The van der Waals surface area contributed by atoms with Crippen molar-refractivity contribution >= 4 is 28.6 Å². The lowest BCUT2D eigenvalue weighted by Gasteiger charge is -2.43. The number of anilines is 1. The molecule has 166 valence electrons. The van der Waals surface area contributed by atoms with Gasteiger partial charge in [-0.3, -0.25) is 19.8 Å². The third kappa shape index (κ3) is 4.54. The first-order valence-electron chi connectivity index (χ1n) is 10.4. The zero-order chi connectivity index (χ0) is 22.3. The number of hydrogen-bond acceptors (Lipinski definition) is 7. The minimum atomic E-state index is -0.584. The summed E-state index contributed by atoms with van der Waals surface area (Å²) < 4.78 is 15.1. The van der Waals surface area contributed by atoms with Crippen molar-refractivity contribution < 1.29 is 14.1 Å². The standard InChI is InChI=1S/C21H26FN5O3S/c1-12-9-26(10-13(2)25(12)3)18-7-16(22)15(6-19(18)27(29)30)21-24-17(11-31-21)20(28)23-8-14-4-5-14/h6-7,11-14H,4-5,8-10H2,1-3H3,(H,23,28)/t12-,13+. The first-order chi connectivity index (χ1) is 14.7. The van der Waals surface area contributed by atoms with Crippen molar-refractivity contribution in [3.8, 4) is 10.6 Å². The molecule has 1 aliphatic heterocycles. The number of piperazine rings is 1. The Balaban J connectivity index is 1.62. The van der Waals surface area contributed by atoms with Crippen molar-refractivity contribution in [2.75, 3.05) is 31.6 Å². The van der Waals surface area contributed by atoms with Crippen molar-refractivity contribution in [1.29, 1.82) is 0 Å². The van der Waals surface area contributed by atoms with Crippen LogP contribution in [-0.2, 0) is 0 Å². The van der Waals surface area contributed by atoms with Crippen LogP contribution in [0.25, 0.3) is 10.6 Å². The molecular formula is C21H26FN5O3S. The van der Waals surface area contributed by atoms with E-state index in [0.717, 1.165) is 24.2 Å². The molecule has 1 aromatic heterocycles. The fraction of sp³-hybridized carbons (Fsp3) is 0.524. The summed E-state index contributed by atoms with van der Waals surface area (Å²) in [5, 5.41) is 16.5. The van der Waals surface area contributed by atoms with Crippen LogP contribution in [0.3, 0.4) is 0 Å². The summed E-state index contributed by atoms with van der Waals surface area (Å²) in [6.45, 7) is 5.85. The van der Waals surface area contributed by atoms with Crippen molar-refractivity contribution in [3.63, 3.8) is 0 Å². The van der Waals surface area contributed by atoms with Crippen LogP contribution in [-0.4, -0.2) is 59.5 Å². The van der Waals surface area contributed by atoms with E-state index in [1.165, 1.54) is 12.1 Å². The molecule has 1 aliphatic carbocycles. The molecule has 1 amide bonds. The van der Waals surface area contributed by atoms with Gasteiger partial charge in [0.2, 0.25) is 0 Å².